The van der Waals surface area contributed by atoms with E-state index in [1.165, 1.54) is 13.2 Å². The summed E-state index contributed by atoms with van der Waals surface area (Å²) in [5.74, 6) is 0.748. The lowest BCUT2D eigenvalue weighted by molar-refractivity contribution is -0.142. The van der Waals surface area contributed by atoms with Crippen molar-refractivity contribution in [2.75, 3.05) is 20.3 Å². The first-order valence-corrected chi connectivity index (χ1v) is 6.23. The maximum absolute atomic E-state index is 11.2. The molecule has 5 nitrogen and oxygen atoms in total. The zero-order valence-electron chi connectivity index (χ0n) is 11.5. The summed E-state index contributed by atoms with van der Waals surface area (Å²) in [4.78, 5) is 21.9. The van der Waals surface area contributed by atoms with Crippen molar-refractivity contribution in [3.63, 3.8) is 0 Å². The Hall–Kier alpha value is -2.30. The van der Waals surface area contributed by atoms with Crippen molar-refractivity contribution in [3.05, 3.63) is 36.4 Å². The summed E-state index contributed by atoms with van der Waals surface area (Å²) in [6.45, 7) is 4.05. The van der Waals surface area contributed by atoms with E-state index in [2.05, 4.69) is 6.58 Å². The standard InChI is InChI=1S/C15H18O5/c1-3-8-20-15(17)5-4-9-19-13-7-6-12(11-16)10-14(13)18-2/h3,6-7,10-11H,1,4-5,8-9H2,2H3. The van der Waals surface area contributed by atoms with E-state index in [1.807, 2.05) is 0 Å². The van der Waals surface area contributed by atoms with Crippen molar-refractivity contribution in [1.29, 1.82) is 0 Å². The normalized spacial score (nSPS) is 9.65. The van der Waals surface area contributed by atoms with E-state index in [-0.39, 0.29) is 19.0 Å². The number of benzene rings is 1. The number of methoxy groups -OCH3 is 1. The van der Waals surface area contributed by atoms with E-state index < -0.39 is 0 Å². The van der Waals surface area contributed by atoms with Gasteiger partial charge in [-0.3, -0.25) is 9.59 Å². The Labute approximate surface area is 118 Å². The lowest BCUT2D eigenvalue weighted by atomic mass is 10.2. The highest BCUT2D eigenvalue weighted by atomic mass is 16.5. The van der Waals surface area contributed by atoms with Crippen LogP contribution in [0.5, 0.6) is 11.5 Å². The maximum Gasteiger partial charge on any atom is 0.306 e. The zero-order chi connectivity index (χ0) is 14.8. The zero-order valence-corrected chi connectivity index (χ0v) is 11.5. The molecule has 0 saturated heterocycles. The first-order chi connectivity index (χ1) is 9.71. The van der Waals surface area contributed by atoms with Crippen LogP contribution >= 0.6 is 0 Å². The van der Waals surface area contributed by atoms with Crippen molar-refractivity contribution in [3.8, 4) is 11.5 Å². The molecular formula is C15H18O5. The minimum atomic E-state index is -0.281. The number of ether oxygens (including phenoxy) is 3. The summed E-state index contributed by atoms with van der Waals surface area (Å²) in [5, 5.41) is 0. The van der Waals surface area contributed by atoms with Crippen molar-refractivity contribution in [1.82, 2.24) is 0 Å². The Morgan fingerprint density at radius 1 is 1.35 bits per heavy atom. The number of carbonyl (C=O) groups excluding carboxylic acids is 2. The second-order valence-corrected chi connectivity index (χ2v) is 3.95. The molecular weight excluding hydrogens is 260 g/mol. The van der Waals surface area contributed by atoms with Crippen LogP contribution in [0.2, 0.25) is 0 Å². The van der Waals surface area contributed by atoms with Gasteiger partial charge in [0.2, 0.25) is 0 Å². The van der Waals surface area contributed by atoms with Gasteiger partial charge in [-0.2, -0.15) is 0 Å². The number of hydrogen-bond donors (Lipinski definition) is 0. The van der Waals surface area contributed by atoms with E-state index in [0.29, 0.717) is 30.1 Å². The van der Waals surface area contributed by atoms with E-state index in [4.69, 9.17) is 14.2 Å². The molecule has 1 aromatic rings. The minimum Gasteiger partial charge on any atom is -0.493 e. The molecule has 1 rings (SSSR count). The van der Waals surface area contributed by atoms with Gasteiger partial charge in [-0.25, -0.2) is 0 Å². The smallest absolute Gasteiger partial charge is 0.306 e. The summed E-state index contributed by atoms with van der Waals surface area (Å²) >= 11 is 0. The van der Waals surface area contributed by atoms with E-state index in [1.54, 1.807) is 18.2 Å². The Balaban J connectivity index is 2.40. The van der Waals surface area contributed by atoms with E-state index in [9.17, 15) is 9.59 Å². The van der Waals surface area contributed by atoms with Gasteiger partial charge < -0.3 is 14.2 Å². The van der Waals surface area contributed by atoms with Crippen LogP contribution < -0.4 is 9.47 Å². The molecule has 5 heteroatoms. The molecule has 0 aliphatic heterocycles. The molecule has 0 aliphatic rings. The van der Waals surface area contributed by atoms with Gasteiger partial charge >= 0.3 is 5.97 Å². The third kappa shape index (κ3) is 5.14. The van der Waals surface area contributed by atoms with Gasteiger partial charge in [0.1, 0.15) is 12.9 Å². The molecule has 0 unspecified atom stereocenters. The van der Waals surface area contributed by atoms with Crippen LogP contribution in [0.4, 0.5) is 0 Å². The van der Waals surface area contributed by atoms with Gasteiger partial charge in [-0.05, 0) is 24.6 Å². The number of carbonyl (C=O) groups is 2. The minimum absolute atomic E-state index is 0.223. The number of hydrogen-bond acceptors (Lipinski definition) is 5. The fraction of sp³-hybridized carbons (Fsp3) is 0.333. The first kappa shape index (κ1) is 15.8. The van der Waals surface area contributed by atoms with Gasteiger partial charge in [-0.15, -0.1) is 0 Å². The van der Waals surface area contributed by atoms with E-state index in [0.717, 1.165) is 6.29 Å². The first-order valence-electron chi connectivity index (χ1n) is 6.23. The highest BCUT2D eigenvalue weighted by Gasteiger charge is 2.06. The van der Waals surface area contributed by atoms with Crippen molar-refractivity contribution >= 4 is 12.3 Å². The van der Waals surface area contributed by atoms with Crippen LogP contribution in [0.15, 0.2) is 30.9 Å². The quantitative estimate of drug-likeness (QED) is 0.300. The third-order valence-electron chi connectivity index (χ3n) is 2.47. The summed E-state index contributed by atoms with van der Waals surface area (Å²) in [7, 11) is 1.50. The highest BCUT2D eigenvalue weighted by molar-refractivity contribution is 5.76. The van der Waals surface area contributed by atoms with Crippen LogP contribution in [0, 0.1) is 0 Å². The molecule has 108 valence electrons. The predicted octanol–water partition coefficient (Wildman–Crippen LogP) is 2.40. The van der Waals surface area contributed by atoms with Crippen molar-refractivity contribution in [2.24, 2.45) is 0 Å². The van der Waals surface area contributed by atoms with Crippen LogP contribution in [-0.4, -0.2) is 32.6 Å². The Morgan fingerprint density at radius 3 is 2.80 bits per heavy atom. The van der Waals surface area contributed by atoms with Gasteiger partial charge in [0.05, 0.1) is 13.7 Å². The molecule has 0 fully saturated rings. The summed E-state index contributed by atoms with van der Waals surface area (Å²) in [6.07, 6.45) is 3.08. The Morgan fingerprint density at radius 2 is 2.15 bits per heavy atom. The molecule has 0 bridgehead atoms. The molecule has 1 aromatic carbocycles. The van der Waals surface area contributed by atoms with E-state index >= 15 is 0 Å². The molecule has 0 atom stereocenters. The number of esters is 1. The van der Waals surface area contributed by atoms with Crippen LogP contribution in [0.1, 0.15) is 23.2 Å². The molecule has 0 radical (unpaired) electrons. The second-order valence-electron chi connectivity index (χ2n) is 3.95. The topological polar surface area (TPSA) is 61.8 Å². The fourth-order valence-electron chi connectivity index (χ4n) is 1.50. The summed E-state index contributed by atoms with van der Waals surface area (Å²) < 4.78 is 15.5. The molecule has 0 saturated carbocycles. The third-order valence-corrected chi connectivity index (χ3v) is 2.47. The lowest BCUT2D eigenvalue weighted by Crippen LogP contribution is -2.07. The summed E-state index contributed by atoms with van der Waals surface area (Å²) in [5.41, 5.74) is 0.516. The molecule has 0 N–H and O–H groups in total. The second kappa shape index (κ2) is 8.74. The van der Waals surface area contributed by atoms with Gasteiger partial charge in [0, 0.05) is 12.0 Å². The van der Waals surface area contributed by atoms with Crippen LogP contribution in [0.3, 0.4) is 0 Å². The maximum atomic E-state index is 11.2. The van der Waals surface area contributed by atoms with Crippen LogP contribution in [-0.2, 0) is 9.53 Å². The summed E-state index contributed by atoms with van der Waals surface area (Å²) in [6, 6.07) is 4.91. The average Bonchev–Trinajstić information content (AvgIpc) is 2.49. The molecule has 0 amide bonds. The Bertz CT molecular complexity index is 467. The molecule has 20 heavy (non-hydrogen) atoms. The van der Waals surface area contributed by atoms with Gasteiger partial charge in [0.15, 0.2) is 11.5 Å². The number of aldehydes is 1. The molecule has 0 aliphatic carbocycles. The lowest BCUT2D eigenvalue weighted by Gasteiger charge is -2.10. The van der Waals surface area contributed by atoms with Crippen LogP contribution in [0.25, 0.3) is 0 Å². The molecule has 0 heterocycles. The number of rotatable bonds is 9. The van der Waals surface area contributed by atoms with Gasteiger partial charge in [0.25, 0.3) is 0 Å². The van der Waals surface area contributed by atoms with Crippen molar-refractivity contribution in [2.45, 2.75) is 12.8 Å². The van der Waals surface area contributed by atoms with Crippen molar-refractivity contribution < 1.29 is 23.8 Å². The average molecular weight is 278 g/mol. The van der Waals surface area contributed by atoms with Gasteiger partial charge in [-0.1, -0.05) is 12.7 Å². The monoisotopic (exact) mass is 278 g/mol. The largest absolute Gasteiger partial charge is 0.493 e. The highest BCUT2D eigenvalue weighted by Crippen LogP contribution is 2.27. The molecule has 0 aromatic heterocycles. The SMILES string of the molecule is C=CCOC(=O)CCCOc1ccc(C=O)cc1OC. The fourth-order valence-corrected chi connectivity index (χ4v) is 1.50. The predicted molar refractivity (Wildman–Crippen MR) is 74.3 cm³/mol. The Kier molecular flexibility index (Phi) is 6.89. The molecule has 0 spiro atoms.